The van der Waals surface area contributed by atoms with Crippen molar-refractivity contribution in [2.24, 2.45) is 0 Å². The largest absolute Gasteiger partial charge is 0.328 e. The molecule has 1 aliphatic rings. The van der Waals surface area contributed by atoms with E-state index in [-0.39, 0.29) is 0 Å². The van der Waals surface area contributed by atoms with E-state index in [9.17, 15) is 0 Å². The zero-order valence-electron chi connectivity index (χ0n) is 10.7. The van der Waals surface area contributed by atoms with Crippen LogP contribution in [0.3, 0.4) is 0 Å². The van der Waals surface area contributed by atoms with Crippen LogP contribution in [-0.2, 0) is 0 Å². The molecule has 0 radical (unpaired) electrons. The Bertz CT molecular complexity index is 621. The zero-order valence-corrected chi connectivity index (χ0v) is 11.5. The van der Waals surface area contributed by atoms with Gasteiger partial charge in [0.1, 0.15) is 0 Å². The maximum Gasteiger partial charge on any atom is 0.198 e. The number of nitrogens with one attached hydrogen (secondary N) is 1. The minimum atomic E-state index is 0.729. The number of pyridine rings is 1. The highest BCUT2D eigenvalue weighted by atomic mass is 32.1. The second-order valence-electron chi connectivity index (χ2n) is 4.88. The van der Waals surface area contributed by atoms with Crippen LogP contribution < -0.4 is 5.01 Å². The van der Waals surface area contributed by atoms with Gasteiger partial charge < -0.3 is 14.9 Å². The Morgan fingerprint density at radius 2 is 2.00 bits per heavy atom. The Hall–Kier alpha value is -1.40. The normalized spacial score (nSPS) is 17.6. The van der Waals surface area contributed by atoms with Gasteiger partial charge in [-0.15, -0.1) is 0 Å². The zero-order chi connectivity index (χ0) is 12.7. The van der Waals surface area contributed by atoms with Crippen LogP contribution in [0.1, 0.15) is 5.56 Å². The molecule has 18 heavy (non-hydrogen) atoms. The van der Waals surface area contributed by atoms with Gasteiger partial charge in [-0.3, -0.25) is 0 Å². The quantitative estimate of drug-likeness (QED) is 0.787. The predicted octanol–water partition coefficient (Wildman–Crippen LogP) is 1.29. The SMILES string of the molecule is Cc1cnc2c(c1)[nH]c(=S)n2N1CCN(C)CC1. The van der Waals surface area contributed by atoms with Crippen LogP contribution in [0, 0.1) is 11.7 Å². The third kappa shape index (κ3) is 1.91. The number of aryl methyl sites for hydroxylation is 1. The molecule has 6 heteroatoms. The summed E-state index contributed by atoms with van der Waals surface area (Å²) >= 11 is 5.42. The fourth-order valence-corrected chi connectivity index (χ4v) is 2.66. The van der Waals surface area contributed by atoms with Gasteiger partial charge in [-0.1, -0.05) is 0 Å². The molecule has 1 saturated heterocycles. The summed E-state index contributed by atoms with van der Waals surface area (Å²) in [5.41, 5.74) is 3.08. The highest BCUT2D eigenvalue weighted by Gasteiger charge is 2.17. The van der Waals surface area contributed by atoms with E-state index in [1.807, 2.05) is 17.8 Å². The first-order valence-electron chi connectivity index (χ1n) is 6.16. The lowest BCUT2D eigenvalue weighted by Crippen LogP contribution is -2.49. The first-order chi connectivity index (χ1) is 8.65. The van der Waals surface area contributed by atoms with Crippen molar-refractivity contribution in [3.05, 3.63) is 22.6 Å². The van der Waals surface area contributed by atoms with Crippen LogP contribution >= 0.6 is 12.2 Å². The number of likely N-dealkylation sites (N-methyl/N-ethyl adjacent to an activating group) is 1. The van der Waals surface area contributed by atoms with Crippen molar-refractivity contribution in [3.8, 4) is 0 Å². The molecule has 96 valence electrons. The van der Waals surface area contributed by atoms with Gasteiger partial charge in [-0.2, -0.15) is 0 Å². The van der Waals surface area contributed by atoms with E-state index in [0.29, 0.717) is 0 Å². The van der Waals surface area contributed by atoms with E-state index in [1.165, 1.54) is 0 Å². The number of aromatic amines is 1. The minimum Gasteiger partial charge on any atom is -0.328 e. The number of hydrogen-bond donors (Lipinski definition) is 1. The summed E-state index contributed by atoms with van der Waals surface area (Å²) in [5, 5.41) is 2.27. The Morgan fingerprint density at radius 1 is 1.28 bits per heavy atom. The Kier molecular flexibility index (Phi) is 2.83. The second-order valence-corrected chi connectivity index (χ2v) is 5.27. The Morgan fingerprint density at radius 3 is 2.72 bits per heavy atom. The Balaban J connectivity index is 2.06. The number of imidazole rings is 1. The highest BCUT2D eigenvalue weighted by Crippen LogP contribution is 2.14. The number of piperazine rings is 1. The molecular weight excluding hydrogens is 246 g/mol. The molecule has 1 aliphatic heterocycles. The van der Waals surface area contributed by atoms with Gasteiger partial charge in [-0.05, 0) is 37.8 Å². The second kappa shape index (κ2) is 4.37. The van der Waals surface area contributed by atoms with Crippen LogP contribution in [-0.4, -0.2) is 52.8 Å². The smallest absolute Gasteiger partial charge is 0.198 e. The number of H-pyrrole nitrogens is 1. The first kappa shape index (κ1) is 11.7. The van der Waals surface area contributed by atoms with Crippen molar-refractivity contribution in [2.75, 3.05) is 38.2 Å². The van der Waals surface area contributed by atoms with E-state index in [2.05, 4.69) is 33.0 Å². The molecule has 2 aromatic heterocycles. The van der Waals surface area contributed by atoms with Gasteiger partial charge in [0, 0.05) is 32.4 Å². The van der Waals surface area contributed by atoms with Gasteiger partial charge in [-0.25, -0.2) is 9.66 Å². The summed E-state index contributed by atoms with van der Waals surface area (Å²) in [4.78, 5) is 10.1. The molecule has 1 fully saturated rings. The number of fused-ring (bicyclic) bond motifs is 1. The number of nitrogens with zero attached hydrogens (tertiary/aromatic N) is 4. The van der Waals surface area contributed by atoms with E-state index in [0.717, 1.165) is 47.7 Å². The summed E-state index contributed by atoms with van der Waals surface area (Å²) in [5.74, 6) is 0. The lowest BCUT2D eigenvalue weighted by molar-refractivity contribution is 0.288. The maximum absolute atomic E-state index is 5.42. The predicted molar refractivity (Wildman–Crippen MR) is 75.1 cm³/mol. The average Bonchev–Trinajstić information content (AvgIpc) is 2.65. The standard InChI is InChI=1S/C12H17N5S/c1-9-7-10-11(13-8-9)17(12(18)14-10)16-5-3-15(2)4-6-16/h7-8H,3-6H2,1-2H3,(H,14,18). The number of aromatic nitrogens is 3. The molecule has 0 saturated carbocycles. The summed E-state index contributed by atoms with van der Waals surface area (Å²) in [6.45, 7) is 6.11. The first-order valence-corrected chi connectivity index (χ1v) is 6.57. The van der Waals surface area contributed by atoms with Crippen molar-refractivity contribution < 1.29 is 0 Å². The van der Waals surface area contributed by atoms with Crippen LogP contribution in [0.5, 0.6) is 0 Å². The topological polar surface area (TPSA) is 40.1 Å². The average molecular weight is 263 g/mol. The van der Waals surface area contributed by atoms with Crippen LogP contribution in [0.2, 0.25) is 0 Å². The van der Waals surface area contributed by atoms with Gasteiger partial charge in [0.15, 0.2) is 10.4 Å². The fraction of sp³-hybridized carbons (Fsp3) is 0.500. The molecule has 3 rings (SSSR count). The number of rotatable bonds is 1. The molecule has 1 N–H and O–H groups in total. The van der Waals surface area contributed by atoms with Crippen molar-refractivity contribution in [1.29, 1.82) is 0 Å². The minimum absolute atomic E-state index is 0.729. The van der Waals surface area contributed by atoms with Gasteiger partial charge in [0.05, 0.1) is 5.52 Å². The van der Waals surface area contributed by atoms with Crippen LogP contribution in [0.25, 0.3) is 11.2 Å². The summed E-state index contributed by atoms with van der Waals surface area (Å²) in [6.07, 6.45) is 1.89. The highest BCUT2D eigenvalue weighted by molar-refractivity contribution is 7.71. The molecule has 0 bridgehead atoms. The van der Waals surface area contributed by atoms with E-state index >= 15 is 0 Å². The van der Waals surface area contributed by atoms with Gasteiger partial charge in [0.2, 0.25) is 0 Å². The summed E-state index contributed by atoms with van der Waals surface area (Å²) in [7, 11) is 2.15. The lowest BCUT2D eigenvalue weighted by atomic mass is 10.3. The molecule has 0 aliphatic carbocycles. The molecule has 2 aromatic rings. The molecule has 5 nitrogen and oxygen atoms in total. The molecule has 0 spiro atoms. The molecule has 0 unspecified atom stereocenters. The fourth-order valence-electron chi connectivity index (χ4n) is 2.35. The van der Waals surface area contributed by atoms with Gasteiger partial charge in [0.25, 0.3) is 0 Å². The molecule has 0 atom stereocenters. The van der Waals surface area contributed by atoms with E-state index in [4.69, 9.17) is 12.2 Å². The Labute approximate surface area is 111 Å². The van der Waals surface area contributed by atoms with Crippen molar-refractivity contribution >= 4 is 23.4 Å². The third-order valence-electron chi connectivity index (χ3n) is 3.40. The third-order valence-corrected chi connectivity index (χ3v) is 3.68. The number of hydrogen-bond acceptors (Lipinski definition) is 4. The summed E-state index contributed by atoms with van der Waals surface area (Å²) < 4.78 is 2.77. The van der Waals surface area contributed by atoms with E-state index < -0.39 is 0 Å². The molecule has 0 amide bonds. The lowest BCUT2D eigenvalue weighted by Gasteiger charge is -2.34. The molecular formula is C12H17N5S. The summed E-state index contributed by atoms with van der Waals surface area (Å²) in [6, 6.07) is 2.09. The van der Waals surface area contributed by atoms with Crippen LogP contribution in [0.15, 0.2) is 12.3 Å². The monoisotopic (exact) mass is 263 g/mol. The molecule has 0 aromatic carbocycles. The van der Waals surface area contributed by atoms with E-state index in [1.54, 1.807) is 0 Å². The van der Waals surface area contributed by atoms with Crippen molar-refractivity contribution in [1.82, 2.24) is 19.5 Å². The molecule has 3 heterocycles. The maximum atomic E-state index is 5.42. The van der Waals surface area contributed by atoms with Gasteiger partial charge >= 0.3 is 0 Å². The van der Waals surface area contributed by atoms with Crippen molar-refractivity contribution in [2.45, 2.75) is 6.92 Å². The van der Waals surface area contributed by atoms with Crippen LogP contribution in [0.4, 0.5) is 0 Å². The van der Waals surface area contributed by atoms with Crippen molar-refractivity contribution in [3.63, 3.8) is 0 Å².